The number of carbonyl (C=O) groups excluding carboxylic acids is 1. The zero-order chi connectivity index (χ0) is 12.6. The van der Waals surface area contributed by atoms with Crippen LogP contribution in [0.5, 0.6) is 0 Å². The minimum Gasteiger partial charge on any atom is -0.480 e. The van der Waals surface area contributed by atoms with Gasteiger partial charge in [0.25, 0.3) is 0 Å². The van der Waals surface area contributed by atoms with Crippen LogP contribution in [-0.4, -0.2) is 39.9 Å². The molecule has 7 heteroatoms. The fraction of sp³-hybridized carbons (Fsp3) is 0.750. The normalized spacial score (nSPS) is 15.6. The maximum Gasteiger partial charge on any atom is 0.321 e. The first-order chi connectivity index (χ1) is 6.68. The Morgan fingerprint density at radius 2 is 1.87 bits per heavy atom. The van der Waals surface area contributed by atoms with Crippen molar-refractivity contribution in [1.82, 2.24) is 0 Å². The molecular weight excluding hydrogens is 236 g/mol. The Morgan fingerprint density at radius 3 is 1.87 bits per heavy atom. The molecule has 0 aliphatic heterocycles. The number of aliphatic carboxylic acids is 1. The molecule has 0 aromatic rings. The molecule has 0 saturated carbocycles. The van der Waals surface area contributed by atoms with Gasteiger partial charge in [-0.25, -0.2) is 0 Å². The van der Waals surface area contributed by atoms with Crippen LogP contribution in [-0.2, 0) is 9.59 Å². The number of nitrogens with two attached hydrogens (primary N) is 2. The first kappa shape index (κ1) is 17.2. The fourth-order valence-corrected chi connectivity index (χ4v) is 0.568. The van der Waals surface area contributed by atoms with Gasteiger partial charge in [0, 0.05) is 11.5 Å². The molecule has 0 radical (unpaired) electrons. The van der Waals surface area contributed by atoms with Crippen molar-refractivity contribution >= 4 is 37.0 Å². The Balaban J connectivity index is 0. The van der Waals surface area contributed by atoms with Crippen molar-refractivity contribution in [3.8, 4) is 0 Å². The molecule has 2 unspecified atom stereocenters. The fourth-order valence-electron chi connectivity index (χ4n) is 0.189. The van der Waals surface area contributed by atoms with Gasteiger partial charge in [-0.2, -0.15) is 25.3 Å². The Hall–Kier alpha value is -0.240. The lowest BCUT2D eigenvalue weighted by Gasteiger charge is -2.16. The van der Waals surface area contributed by atoms with Gasteiger partial charge in [0.05, 0.1) is 5.54 Å². The van der Waals surface area contributed by atoms with Crippen molar-refractivity contribution in [2.45, 2.75) is 25.4 Å². The predicted molar refractivity (Wildman–Crippen MR) is 66.6 cm³/mol. The second-order valence-electron chi connectivity index (χ2n) is 3.26. The standard InChI is InChI=1S/C5H11NOS.C3H7NO2S/c1-4(7)5(2,6)3-8;4-2(1-7)3(5)6/h8H,3,6H2,1-2H3;2,7H,1,4H2,(H,5,6). The Labute approximate surface area is 100 Å². The maximum atomic E-state index is 10.5. The first-order valence-electron chi connectivity index (χ1n) is 4.19. The number of hydrogen-bond acceptors (Lipinski definition) is 6. The number of thiol groups is 2. The van der Waals surface area contributed by atoms with Crippen molar-refractivity contribution < 1.29 is 14.7 Å². The second kappa shape index (κ2) is 7.98. The van der Waals surface area contributed by atoms with Gasteiger partial charge >= 0.3 is 5.97 Å². The van der Waals surface area contributed by atoms with Crippen LogP contribution >= 0.6 is 25.3 Å². The number of Topliss-reactive ketones (excluding diaryl/α,β-unsaturated/α-hetero) is 1. The summed E-state index contributed by atoms with van der Waals surface area (Å²) in [5, 5.41) is 8.01. The SMILES string of the molecule is CC(=O)C(C)(N)CS.NC(CS)C(=O)O. The number of carboxylic acids is 1. The highest BCUT2D eigenvalue weighted by molar-refractivity contribution is 7.80. The van der Waals surface area contributed by atoms with E-state index >= 15 is 0 Å². The monoisotopic (exact) mass is 254 g/mol. The number of ketones is 1. The minimum absolute atomic E-state index is 0.0208. The van der Waals surface area contributed by atoms with Crippen molar-refractivity contribution in [3.63, 3.8) is 0 Å². The molecule has 0 spiro atoms. The topological polar surface area (TPSA) is 106 Å². The van der Waals surface area contributed by atoms with E-state index in [4.69, 9.17) is 16.6 Å². The largest absolute Gasteiger partial charge is 0.480 e. The van der Waals surface area contributed by atoms with E-state index in [0.29, 0.717) is 5.75 Å². The van der Waals surface area contributed by atoms with Crippen LogP contribution in [0.2, 0.25) is 0 Å². The van der Waals surface area contributed by atoms with Crippen LogP contribution in [0.4, 0.5) is 0 Å². The molecule has 0 saturated heterocycles. The zero-order valence-electron chi connectivity index (χ0n) is 8.80. The van der Waals surface area contributed by atoms with Crippen LogP contribution < -0.4 is 11.5 Å². The van der Waals surface area contributed by atoms with Gasteiger partial charge in [-0.3, -0.25) is 9.59 Å². The average Bonchev–Trinajstić information content (AvgIpc) is 2.17. The molecule has 0 rings (SSSR count). The molecule has 0 aromatic heterocycles. The minimum atomic E-state index is -1.00. The second-order valence-corrected chi connectivity index (χ2v) is 3.94. The Kier molecular flexibility index (Phi) is 9.13. The van der Waals surface area contributed by atoms with Crippen LogP contribution in [0.15, 0.2) is 0 Å². The summed E-state index contributed by atoms with van der Waals surface area (Å²) in [5.74, 6) is -0.431. The summed E-state index contributed by atoms with van der Waals surface area (Å²) >= 11 is 7.54. The highest BCUT2D eigenvalue weighted by Crippen LogP contribution is 2.01. The van der Waals surface area contributed by atoms with Crippen molar-refractivity contribution in [2.75, 3.05) is 11.5 Å². The molecule has 0 fully saturated rings. The summed E-state index contributed by atoms with van der Waals surface area (Å²) in [6.07, 6.45) is 0. The van der Waals surface area contributed by atoms with Crippen molar-refractivity contribution in [3.05, 3.63) is 0 Å². The first-order valence-corrected chi connectivity index (χ1v) is 5.45. The van der Waals surface area contributed by atoms with Gasteiger partial charge in [0.2, 0.25) is 0 Å². The molecular formula is C8H18N2O3S2. The molecule has 2 atom stereocenters. The number of hydrogen-bond donors (Lipinski definition) is 5. The van der Waals surface area contributed by atoms with Crippen LogP contribution in [0.1, 0.15) is 13.8 Å². The number of rotatable bonds is 4. The summed E-state index contributed by atoms with van der Waals surface area (Å²) in [5.41, 5.74) is 9.64. The van der Waals surface area contributed by atoms with Crippen molar-refractivity contribution in [1.29, 1.82) is 0 Å². The highest BCUT2D eigenvalue weighted by Gasteiger charge is 2.21. The van der Waals surface area contributed by atoms with Gasteiger partial charge in [0.15, 0.2) is 0 Å². The van der Waals surface area contributed by atoms with Crippen LogP contribution in [0.25, 0.3) is 0 Å². The molecule has 0 aliphatic carbocycles. The molecule has 90 valence electrons. The zero-order valence-corrected chi connectivity index (χ0v) is 10.6. The number of carboxylic acid groups (broad SMARTS) is 1. The van der Waals surface area contributed by atoms with Gasteiger partial charge in [0.1, 0.15) is 11.8 Å². The van der Waals surface area contributed by atoms with E-state index in [9.17, 15) is 9.59 Å². The highest BCUT2D eigenvalue weighted by atomic mass is 32.1. The lowest BCUT2D eigenvalue weighted by Crippen LogP contribution is -2.45. The summed E-state index contributed by atoms with van der Waals surface area (Å²) in [6, 6.07) is -0.816. The van der Waals surface area contributed by atoms with Crippen LogP contribution in [0, 0.1) is 0 Å². The summed E-state index contributed by atoms with van der Waals surface area (Å²) in [7, 11) is 0. The summed E-state index contributed by atoms with van der Waals surface area (Å²) in [6.45, 7) is 3.14. The van der Waals surface area contributed by atoms with Gasteiger partial charge in [-0.05, 0) is 13.8 Å². The molecule has 5 N–H and O–H groups in total. The van der Waals surface area contributed by atoms with Gasteiger partial charge < -0.3 is 16.6 Å². The van der Waals surface area contributed by atoms with E-state index in [0.717, 1.165) is 0 Å². The Morgan fingerprint density at radius 1 is 1.47 bits per heavy atom. The lowest BCUT2D eigenvalue weighted by atomic mass is 10.0. The summed E-state index contributed by atoms with van der Waals surface area (Å²) in [4.78, 5) is 20.3. The molecule has 0 aliphatic rings. The molecule has 15 heavy (non-hydrogen) atoms. The number of carbonyl (C=O) groups is 2. The molecule has 0 aromatic carbocycles. The summed E-state index contributed by atoms with van der Waals surface area (Å²) < 4.78 is 0. The third-order valence-corrected chi connectivity index (χ3v) is 2.70. The molecule has 0 amide bonds. The maximum absolute atomic E-state index is 10.5. The van der Waals surface area contributed by atoms with E-state index in [1.807, 2.05) is 0 Å². The lowest BCUT2D eigenvalue weighted by molar-refractivity contribution is -0.137. The molecule has 0 bridgehead atoms. The van der Waals surface area contributed by atoms with E-state index in [1.165, 1.54) is 6.92 Å². The van der Waals surface area contributed by atoms with E-state index in [2.05, 4.69) is 25.3 Å². The third kappa shape index (κ3) is 8.73. The van der Waals surface area contributed by atoms with Crippen LogP contribution in [0.3, 0.4) is 0 Å². The van der Waals surface area contributed by atoms with Gasteiger partial charge in [-0.15, -0.1) is 0 Å². The van der Waals surface area contributed by atoms with E-state index < -0.39 is 17.6 Å². The van der Waals surface area contributed by atoms with E-state index in [1.54, 1.807) is 6.92 Å². The molecule has 0 heterocycles. The van der Waals surface area contributed by atoms with E-state index in [-0.39, 0.29) is 11.5 Å². The predicted octanol–water partition coefficient (Wildman–Crippen LogP) is -0.449. The Bertz CT molecular complexity index is 222. The van der Waals surface area contributed by atoms with Crippen molar-refractivity contribution in [2.24, 2.45) is 11.5 Å². The van der Waals surface area contributed by atoms with Gasteiger partial charge in [-0.1, -0.05) is 0 Å². The third-order valence-electron chi connectivity index (χ3n) is 1.65. The molecule has 5 nitrogen and oxygen atoms in total. The smallest absolute Gasteiger partial charge is 0.321 e. The quantitative estimate of drug-likeness (QED) is 0.437. The average molecular weight is 254 g/mol.